The number of carbonyl (C=O) groups is 1. The highest BCUT2D eigenvalue weighted by atomic mass is 16.4. The van der Waals surface area contributed by atoms with Crippen molar-refractivity contribution in [3.05, 3.63) is 30.1 Å². The maximum atomic E-state index is 10.8. The van der Waals surface area contributed by atoms with E-state index < -0.39 is 5.97 Å². The lowest BCUT2D eigenvalue weighted by Gasteiger charge is -2.12. The molecular weight excluding hydrogens is 218 g/mol. The van der Waals surface area contributed by atoms with Crippen LogP contribution < -0.4 is 5.32 Å². The van der Waals surface area contributed by atoms with Gasteiger partial charge in [0, 0.05) is 30.6 Å². The number of hydrogen-bond acceptors (Lipinski definition) is 3. The fourth-order valence-corrected chi connectivity index (χ4v) is 1.52. The maximum Gasteiger partial charge on any atom is 0.331 e. The fraction of sp³-hybridized carbons (Fsp3) is 0.500. The average Bonchev–Trinajstić information content (AvgIpc) is 2.76. The van der Waals surface area contributed by atoms with Gasteiger partial charge < -0.3 is 10.4 Å². The van der Waals surface area contributed by atoms with Gasteiger partial charge in [0.15, 0.2) is 0 Å². The Bertz CT molecular complexity index is 371. The molecule has 1 unspecified atom stereocenters. The number of nitrogens with one attached hydrogen (secondary N) is 1. The third-order valence-corrected chi connectivity index (χ3v) is 2.49. The van der Waals surface area contributed by atoms with E-state index in [1.54, 1.807) is 12.3 Å². The zero-order valence-electron chi connectivity index (χ0n) is 10.3. The first kappa shape index (κ1) is 13.4. The second-order valence-corrected chi connectivity index (χ2v) is 3.93. The van der Waals surface area contributed by atoms with Gasteiger partial charge in [-0.1, -0.05) is 13.0 Å². The van der Waals surface area contributed by atoms with Crippen molar-refractivity contribution in [2.24, 2.45) is 0 Å². The summed E-state index contributed by atoms with van der Waals surface area (Å²) in [7, 11) is 0. The molecule has 0 saturated heterocycles. The van der Waals surface area contributed by atoms with Crippen molar-refractivity contribution in [2.75, 3.05) is 6.54 Å². The molecule has 1 heterocycles. The standard InChI is InChI=1S/C12H19N3O2/c1-3-11(12(16)17)5-7-13-10(2)9-15-8-4-6-14-15/h4-6,8,10,13H,3,7,9H2,1-2H3,(H,16,17)/b11-5-. The Hall–Kier alpha value is -1.62. The van der Waals surface area contributed by atoms with Crippen molar-refractivity contribution in [1.29, 1.82) is 0 Å². The summed E-state index contributed by atoms with van der Waals surface area (Å²) >= 11 is 0. The van der Waals surface area contributed by atoms with Crippen molar-refractivity contribution < 1.29 is 9.90 Å². The molecule has 0 aromatic carbocycles. The SMILES string of the molecule is CC/C(=C/CNC(C)Cn1cccn1)C(=O)O. The first-order valence-electron chi connectivity index (χ1n) is 5.76. The van der Waals surface area contributed by atoms with Gasteiger partial charge in [0.05, 0.1) is 6.54 Å². The van der Waals surface area contributed by atoms with Crippen LogP contribution in [0.4, 0.5) is 0 Å². The van der Waals surface area contributed by atoms with E-state index in [1.807, 2.05) is 30.8 Å². The lowest BCUT2D eigenvalue weighted by molar-refractivity contribution is -0.132. The lowest BCUT2D eigenvalue weighted by Crippen LogP contribution is -2.31. The summed E-state index contributed by atoms with van der Waals surface area (Å²) in [6.07, 6.45) is 5.92. The molecule has 5 heteroatoms. The minimum atomic E-state index is -0.839. The van der Waals surface area contributed by atoms with Crippen LogP contribution in [0.25, 0.3) is 0 Å². The summed E-state index contributed by atoms with van der Waals surface area (Å²) in [6, 6.07) is 2.13. The molecule has 0 bridgehead atoms. The topological polar surface area (TPSA) is 67.2 Å². The zero-order valence-corrected chi connectivity index (χ0v) is 10.3. The Morgan fingerprint density at radius 1 is 1.65 bits per heavy atom. The first-order chi connectivity index (χ1) is 8.13. The summed E-state index contributed by atoms with van der Waals surface area (Å²) in [4.78, 5) is 10.8. The van der Waals surface area contributed by atoms with Crippen LogP contribution >= 0.6 is 0 Å². The van der Waals surface area contributed by atoms with Gasteiger partial charge >= 0.3 is 5.97 Å². The summed E-state index contributed by atoms with van der Waals surface area (Å²) in [5.74, 6) is -0.839. The molecule has 0 fully saturated rings. The van der Waals surface area contributed by atoms with Crippen molar-refractivity contribution in [2.45, 2.75) is 32.9 Å². The first-order valence-corrected chi connectivity index (χ1v) is 5.76. The molecule has 1 rings (SSSR count). The van der Waals surface area contributed by atoms with Crippen LogP contribution in [-0.4, -0.2) is 33.4 Å². The van der Waals surface area contributed by atoms with Gasteiger partial charge in [-0.3, -0.25) is 4.68 Å². The van der Waals surface area contributed by atoms with Crippen molar-refractivity contribution >= 4 is 5.97 Å². The van der Waals surface area contributed by atoms with Gasteiger partial charge in [-0.15, -0.1) is 0 Å². The summed E-state index contributed by atoms with van der Waals surface area (Å²) in [5.41, 5.74) is 0.448. The normalized spacial score (nSPS) is 13.6. The molecule has 1 aromatic rings. The number of nitrogens with zero attached hydrogens (tertiary/aromatic N) is 2. The lowest BCUT2D eigenvalue weighted by atomic mass is 10.2. The van der Waals surface area contributed by atoms with Gasteiger partial charge in [-0.2, -0.15) is 5.10 Å². The highest BCUT2D eigenvalue weighted by Crippen LogP contribution is 1.99. The van der Waals surface area contributed by atoms with Gasteiger partial charge in [-0.05, 0) is 19.4 Å². The third-order valence-electron chi connectivity index (χ3n) is 2.49. The second-order valence-electron chi connectivity index (χ2n) is 3.93. The molecule has 0 radical (unpaired) electrons. The Labute approximate surface area is 101 Å². The third kappa shape index (κ3) is 4.82. The molecule has 0 spiro atoms. The predicted octanol–water partition coefficient (Wildman–Crippen LogP) is 1.28. The van der Waals surface area contributed by atoms with Gasteiger partial charge in [0.25, 0.3) is 0 Å². The number of carboxylic acids is 1. The molecule has 0 amide bonds. The second kappa shape index (κ2) is 6.85. The largest absolute Gasteiger partial charge is 0.478 e. The maximum absolute atomic E-state index is 10.8. The molecule has 1 aromatic heterocycles. The van der Waals surface area contributed by atoms with Crippen LogP contribution in [0.3, 0.4) is 0 Å². The molecule has 5 nitrogen and oxygen atoms in total. The van der Waals surface area contributed by atoms with Crippen LogP contribution in [0.15, 0.2) is 30.1 Å². The highest BCUT2D eigenvalue weighted by Gasteiger charge is 2.04. The number of rotatable bonds is 7. The van der Waals surface area contributed by atoms with E-state index in [9.17, 15) is 4.79 Å². The molecule has 0 aliphatic rings. The fourth-order valence-electron chi connectivity index (χ4n) is 1.52. The van der Waals surface area contributed by atoms with E-state index in [0.717, 1.165) is 6.54 Å². The summed E-state index contributed by atoms with van der Waals surface area (Å²) in [5, 5.41) is 16.2. The number of aliphatic carboxylic acids is 1. The molecule has 94 valence electrons. The molecular formula is C12H19N3O2. The van der Waals surface area contributed by atoms with E-state index in [-0.39, 0.29) is 6.04 Å². The molecule has 1 atom stereocenters. The molecule has 2 N–H and O–H groups in total. The Kier molecular flexibility index (Phi) is 5.42. The van der Waals surface area contributed by atoms with Gasteiger partial charge in [-0.25, -0.2) is 4.79 Å². The minimum Gasteiger partial charge on any atom is -0.478 e. The highest BCUT2D eigenvalue weighted by molar-refractivity contribution is 5.86. The monoisotopic (exact) mass is 237 g/mol. The number of hydrogen-bond donors (Lipinski definition) is 2. The van der Waals surface area contributed by atoms with E-state index in [4.69, 9.17) is 5.11 Å². The van der Waals surface area contributed by atoms with Crippen LogP contribution in [0.1, 0.15) is 20.3 Å². The van der Waals surface area contributed by atoms with Crippen molar-refractivity contribution in [1.82, 2.24) is 15.1 Å². The van der Waals surface area contributed by atoms with Crippen molar-refractivity contribution in [3.63, 3.8) is 0 Å². The average molecular weight is 237 g/mol. The van der Waals surface area contributed by atoms with E-state index >= 15 is 0 Å². The molecule has 17 heavy (non-hydrogen) atoms. The van der Waals surface area contributed by atoms with E-state index in [2.05, 4.69) is 10.4 Å². The number of carboxylic acid groups (broad SMARTS) is 1. The van der Waals surface area contributed by atoms with Crippen LogP contribution in [0, 0.1) is 0 Å². The smallest absolute Gasteiger partial charge is 0.331 e. The molecule has 0 aliphatic heterocycles. The summed E-state index contributed by atoms with van der Waals surface area (Å²) < 4.78 is 1.85. The Morgan fingerprint density at radius 2 is 2.41 bits per heavy atom. The zero-order chi connectivity index (χ0) is 12.7. The molecule has 0 aliphatic carbocycles. The van der Waals surface area contributed by atoms with Gasteiger partial charge in [0.1, 0.15) is 0 Å². The van der Waals surface area contributed by atoms with Crippen LogP contribution in [0.2, 0.25) is 0 Å². The van der Waals surface area contributed by atoms with Crippen LogP contribution in [0.5, 0.6) is 0 Å². The Morgan fingerprint density at radius 3 is 2.94 bits per heavy atom. The number of aromatic nitrogens is 2. The van der Waals surface area contributed by atoms with Crippen molar-refractivity contribution in [3.8, 4) is 0 Å². The quantitative estimate of drug-likeness (QED) is 0.701. The van der Waals surface area contributed by atoms with Crippen LogP contribution in [-0.2, 0) is 11.3 Å². The van der Waals surface area contributed by atoms with E-state index in [0.29, 0.717) is 18.5 Å². The van der Waals surface area contributed by atoms with E-state index in [1.165, 1.54) is 0 Å². The Balaban J connectivity index is 2.33. The molecule has 0 saturated carbocycles. The van der Waals surface area contributed by atoms with Gasteiger partial charge in [0.2, 0.25) is 0 Å². The summed E-state index contributed by atoms with van der Waals surface area (Å²) in [6.45, 7) is 5.22. The predicted molar refractivity (Wildman–Crippen MR) is 65.7 cm³/mol. The minimum absolute atomic E-state index is 0.248.